The zero-order chi connectivity index (χ0) is 11.3. The van der Waals surface area contributed by atoms with Gasteiger partial charge in [-0.15, -0.1) is 0 Å². The summed E-state index contributed by atoms with van der Waals surface area (Å²) in [6.45, 7) is 0. The standard InChI is InChI=1S/C8H11N3O3S/c1-9-15-11-6-4-5(8(13)10-14)2-3-7(6)12/h2-4,9,11-12,14H,1H3,(H,10,13). The molecule has 1 rings (SSSR count). The van der Waals surface area contributed by atoms with Gasteiger partial charge in [0.2, 0.25) is 0 Å². The van der Waals surface area contributed by atoms with Crippen LogP contribution in [0.2, 0.25) is 0 Å². The minimum Gasteiger partial charge on any atom is -0.506 e. The summed E-state index contributed by atoms with van der Waals surface area (Å²) in [4.78, 5) is 11.1. The molecule has 82 valence electrons. The second kappa shape index (κ2) is 5.44. The van der Waals surface area contributed by atoms with Gasteiger partial charge in [-0.1, -0.05) is 0 Å². The number of amides is 1. The number of hydrogen-bond donors (Lipinski definition) is 5. The van der Waals surface area contributed by atoms with E-state index in [9.17, 15) is 9.90 Å². The predicted molar refractivity (Wildman–Crippen MR) is 57.6 cm³/mol. The van der Waals surface area contributed by atoms with E-state index in [1.807, 2.05) is 0 Å². The van der Waals surface area contributed by atoms with Crippen LogP contribution in [-0.4, -0.2) is 23.3 Å². The summed E-state index contributed by atoms with van der Waals surface area (Å²) >= 11 is 1.15. The number of anilines is 1. The SMILES string of the molecule is CNSNc1cc(C(=O)NO)ccc1O. The first-order valence-corrected chi connectivity index (χ1v) is 4.86. The minimum absolute atomic E-state index is 0.0206. The Labute approximate surface area is 90.9 Å². The van der Waals surface area contributed by atoms with Crippen LogP contribution < -0.4 is 14.9 Å². The van der Waals surface area contributed by atoms with Crippen LogP contribution in [0, 0.1) is 0 Å². The number of benzene rings is 1. The molecule has 0 fully saturated rings. The van der Waals surface area contributed by atoms with Crippen LogP contribution in [0.3, 0.4) is 0 Å². The third-order valence-corrected chi connectivity index (χ3v) is 2.15. The number of aromatic hydroxyl groups is 1. The zero-order valence-electron chi connectivity index (χ0n) is 7.94. The van der Waals surface area contributed by atoms with Crippen LogP contribution in [0.25, 0.3) is 0 Å². The van der Waals surface area contributed by atoms with Gasteiger partial charge < -0.3 is 9.83 Å². The first-order chi connectivity index (χ1) is 7.19. The number of nitrogens with one attached hydrogen (secondary N) is 3. The maximum absolute atomic E-state index is 11.1. The molecule has 15 heavy (non-hydrogen) atoms. The highest BCUT2D eigenvalue weighted by Gasteiger charge is 2.07. The van der Waals surface area contributed by atoms with Gasteiger partial charge in [0.1, 0.15) is 5.75 Å². The lowest BCUT2D eigenvalue weighted by atomic mass is 10.2. The van der Waals surface area contributed by atoms with Gasteiger partial charge in [0.15, 0.2) is 0 Å². The molecule has 0 unspecified atom stereocenters. The van der Waals surface area contributed by atoms with Gasteiger partial charge in [0, 0.05) is 17.7 Å². The van der Waals surface area contributed by atoms with Gasteiger partial charge in [0.05, 0.1) is 5.69 Å². The molecule has 0 aliphatic carbocycles. The topological polar surface area (TPSA) is 93.6 Å². The van der Waals surface area contributed by atoms with E-state index in [0.29, 0.717) is 5.69 Å². The van der Waals surface area contributed by atoms with E-state index in [4.69, 9.17) is 5.21 Å². The van der Waals surface area contributed by atoms with Gasteiger partial charge in [-0.2, -0.15) is 0 Å². The summed E-state index contributed by atoms with van der Waals surface area (Å²) in [6, 6.07) is 4.18. The van der Waals surface area contributed by atoms with Crippen LogP contribution in [0.15, 0.2) is 18.2 Å². The first kappa shape index (κ1) is 11.6. The third-order valence-electron chi connectivity index (χ3n) is 1.62. The smallest absolute Gasteiger partial charge is 0.274 e. The van der Waals surface area contributed by atoms with Crippen molar-refractivity contribution in [2.45, 2.75) is 0 Å². The fraction of sp³-hybridized carbons (Fsp3) is 0.125. The normalized spacial score (nSPS) is 9.73. The van der Waals surface area contributed by atoms with Crippen molar-refractivity contribution in [3.8, 4) is 5.75 Å². The molecule has 0 aliphatic rings. The van der Waals surface area contributed by atoms with Crippen LogP contribution in [0.1, 0.15) is 10.4 Å². The fourth-order valence-corrected chi connectivity index (χ4v) is 1.31. The van der Waals surface area contributed by atoms with E-state index in [2.05, 4.69) is 9.44 Å². The van der Waals surface area contributed by atoms with E-state index < -0.39 is 5.91 Å². The first-order valence-electron chi connectivity index (χ1n) is 4.05. The Morgan fingerprint density at radius 2 is 2.20 bits per heavy atom. The second-order valence-electron chi connectivity index (χ2n) is 2.58. The number of phenolic OH excluding ortho intramolecular Hbond substituents is 1. The minimum atomic E-state index is -0.632. The van der Waals surface area contributed by atoms with Crippen molar-refractivity contribution in [3.05, 3.63) is 23.8 Å². The number of phenols is 1. The molecule has 7 heteroatoms. The van der Waals surface area contributed by atoms with Crippen molar-refractivity contribution >= 4 is 23.7 Å². The molecule has 0 bridgehead atoms. The van der Waals surface area contributed by atoms with Crippen LogP contribution in [0.4, 0.5) is 5.69 Å². The molecular formula is C8H11N3O3S. The summed E-state index contributed by atoms with van der Waals surface area (Å²) in [5, 5.41) is 17.8. The summed E-state index contributed by atoms with van der Waals surface area (Å²) in [6.07, 6.45) is 0. The molecule has 1 aromatic rings. The highest BCUT2D eigenvalue weighted by atomic mass is 32.2. The molecule has 0 saturated carbocycles. The molecule has 0 saturated heterocycles. The highest BCUT2D eigenvalue weighted by molar-refractivity contribution is 7.98. The molecule has 0 aromatic heterocycles. The number of carbonyl (C=O) groups excluding carboxylic acids is 1. The van der Waals surface area contributed by atoms with Crippen molar-refractivity contribution in [3.63, 3.8) is 0 Å². The predicted octanol–water partition coefficient (Wildman–Crippen LogP) is 0.706. The summed E-state index contributed by atoms with van der Waals surface area (Å²) in [7, 11) is 1.71. The third kappa shape index (κ3) is 3.01. The highest BCUT2D eigenvalue weighted by Crippen LogP contribution is 2.25. The van der Waals surface area contributed by atoms with Crippen molar-refractivity contribution in [2.24, 2.45) is 0 Å². The van der Waals surface area contributed by atoms with E-state index in [0.717, 1.165) is 12.1 Å². The number of rotatable bonds is 4. The van der Waals surface area contributed by atoms with E-state index in [1.165, 1.54) is 23.7 Å². The molecule has 1 amide bonds. The maximum atomic E-state index is 11.1. The van der Waals surface area contributed by atoms with Crippen molar-refractivity contribution < 1.29 is 15.1 Å². The lowest BCUT2D eigenvalue weighted by molar-refractivity contribution is 0.0706. The molecule has 0 aliphatic heterocycles. The van der Waals surface area contributed by atoms with Gasteiger partial charge in [0.25, 0.3) is 5.91 Å². The molecule has 6 nitrogen and oxygen atoms in total. The van der Waals surface area contributed by atoms with Crippen molar-refractivity contribution in [1.82, 2.24) is 10.2 Å². The quantitative estimate of drug-likeness (QED) is 0.226. The fourth-order valence-electron chi connectivity index (χ4n) is 0.930. The zero-order valence-corrected chi connectivity index (χ0v) is 8.76. The van der Waals surface area contributed by atoms with Crippen molar-refractivity contribution in [2.75, 3.05) is 11.8 Å². The lowest BCUT2D eigenvalue weighted by Gasteiger charge is -2.07. The Morgan fingerprint density at radius 1 is 1.47 bits per heavy atom. The second-order valence-corrected chi connectivity index (χ2v) is 3.40. The Bertz CT molecular complexity index is 359. The van der Waals surface area contributed by atoms with Crippen LogP contribution in [0.5, 0.6) is 5.75 Å². The van der Waals surface area contributed by atoms with Gasteiger partial charge in [-0.3, -0.25) is 10.0 Å². The Kier molecular flexibility index (Phi) is 4.22. The van der Waals surface area contributed by atoms with Gasteiger partial charge in [-0.05, 0) is 25.2 Å². The van der Waals surface area contributed by atoms with Gasteiger partial charge in [-0.25, -0.2) is 10.2 Å². The molecule has 0 spiro atoms. The number of carbonyl (C=O) groups is 1. The monoisotopic (exact) mass is 229 g/mol. The molecule has 5 N–H and O–H groups in total. The Hall–Kier alpha value is -1.44. The van der Waals surface area contributed by atoms with Crippen molar-refractivity contribution in [1.29, 1.82) is 0 Å². The van der Waals surface area contributed by atoms with Gasteiger partial charge >= 0.3 is 0 Å². The molecule has 1 aromatic carbocycles. The Balaban J connectivity index is 2.89. The summed E-state index contributed by atoms with van der Waals surface area (Å²) in [5.74, 6) is -0.611. The van der Waals surface area contributed by atoms with Crippen LogP contribution >= 0.6 is 12.1 Å². The summed E-state index contributed by atoms with van der Waals surface area (Å²) in [5.41, 5.74) is 2.14. The average Bonchev–Trinajstić information content (AvgIpc) is 2.27. The largest absolute Gasteiger partial charge is 0.506 e. The van der Waals surface area contributed by atoms with E-state index in [-0.39, 0.29) is 11.3 Å². The number of hydroxylamine groups is 1. The van der Waals surface area contributed by atoms with Crippen LogP contribution in [-0.2, 0) is 0 Å². The molecular weight excluding hydrogens is 218 g/mol. The Morgan fingerprint density at radius 3 is 2.80 bits per heavy atom. The number of hydrogen-bond acceptors (Lipinski definition) is 6. The lowest BCUT2D eigenvalue weighted by Crippen LogP contribution is -2.18. The molecule has 0 heterocycles. The summed E-state index contributed by atoms with van der Waals surface area (Å²) < 4.78 is 5.53. The average molecular weight is 229 g/mol. The maximum Gasteiger partial charge on any atom is 0.274 e. The molecule has 0 atom stereocenters. The van der Waals surface area contributed by atoms with E-state index >= 15 is 0 Å². The molecule has 0 radical (unpaired) electrons. The van der Waals surface area contributed by atoms with E-state index in [1.54, 1.807) is 7.05 Å².